The van der Waals surface area contributed by atoms with Crippen LogP contribution in [0.5, 0.6) is 11.6 Å². The summed E-state index contributed by atoms with van der Waals surface area (Å²) in [5, 5.41) is 0. The van der Waals surface area contributed by atoms with Crippen molar-refractivity contribution in [3.63, 3.8) is 0 Å². The van der Waals surface area contributed by atoms with Crippen molar-refractivity contribution in [1.29, 1.82) is 0 Å². The number of hydrogen-bond donors (Lipinski definition) is 1. The predicted octanol–water partition coefficient (Wildman–Crippen LogP) is 2.47. The van der Waals surface area contributed by atoms with E-state index >= 15 is 0 Å². The highest BCUT2D eigenvalue weighted by Gasteiger charge is 2.02. The molecule has 0 spiro atoms. The van der Waals surface area contributed by atoms with Gasteiger partial charge in [0.05, 0.1) is 17.6 Å². The van der Waals surface area contributed by atoms with E-state index in [2.05, 4.69) is 9.97 Å². The predicted molar refractivity (Wildman–Crippen MR) is 62.4 cm³/mol. The Bertz CT molecular complexity index is 511. The van der Waals surface area contributed by atoms with Gasteiger partial charge in [-0.25, -0.2) is 4.98 Å². The van der Waals surface area contributed by atoms with E-state index in [-0.39, 0.29) is 0 Å². The van der Waals surface area contributed by atoms with Crippen molar-refractivity contribution in [2.45, 2.75) is 13.8 Å². The number of nitrogens with zero attached hydrogens (tertiary/aromatic N) is 2. The molecule has 0 aliphatic heterocycles. The number of aromatic nitrogens is 2. The zero-order valence-corrected chi connectivity index (χ0v) is 9.27. The Hall–Kier alpha value is -2.10. The van der Waals surface area contributed by atoms with Crippen LogP contribution in [0.2, 0.25) is 0 Å². The van der Waals surface area contributed by atoms with Crippen molar-refractivity contribution in [3.05, 3.63) is 41.9 Å². The van der Waals surface area contributed by atoms with Gasteiger partial charge in [0.1, 0.15) is 5.75 Å². The summed E-state index contributed by atoms with van der Waals surface area (Å²) in [6.07, 6.45) is 1.60. The summed E-state index contributed by atoms with van der Waals surface area (Å²) in [6.45, 7) is 3.81. The van der Waals surface area contributed by atoms with Crippen LogP contribution < -0.4 is 10.5 Å². The van der Waals surface area contributed by atoms with Crippen molar-refractivity contribution < 1.29 is 4.74 Å². The molecule has 0 saturated heterocycles. The number of nitrogen functional groups attached to an aromatic ring is 1. The second-order valence-corrected chi connectivity index (χ2v) is 3.55. The number of nitrogens with two attached hydrogens (primary N) is 1. The molecule has 0 amide bonds. The zero-order valence-electron chi connectivity index (χ0n) is 9.27. The summed E-state index contributed by atoms with van der Waals surface area (Å²) in [5.74, 6) is 1.14. The van der Waals surface area contributed by atoms with E-state index in [9.17, 15) is 0 Å². The van der Waals surface area contributed by atoms with Crippen LogP contribution in [0.25, 0.3) is 0 Å². The maximum Gasteiger partial charge on any atom is 0.238 e. The molecule has 4 nitrogen and oxygen atoms in total. The molecular formula is C12H13N3O. The minimum atomic E-state index is 0.480. The number of ether oxygens (including phenoxy) is 1. The first-order chi connectivity index (χ1) is 7.65. The molecule has 1 aromatic heterocycles. The molecule has 0 fully saturated rings. The summed E-state index contributed by atoms with van der Waals surface area (Å²) >= 11 is 0. The van der Waals surface area contributed by atoms with Crippen LogP contribution in [-0.2, 0) is 0 Å². The van der Waals surface area contributed by atoms with Gasteiger partial charge >= 0.3 is 0 Å². The van der Waals surface area contributed by atoms with Crippen molar-refractivity contribution in [2.75, 3.05) is 5.73 Å². The van der Waals surface area contributed by atoms with Gasteiger partial charge in [0.2, 0.25) is 5.88 Å². The summed E-state index contributed by atoms with van der Waals surface area (Å²) in [7, 11) is 0. The van der Waals surface area contributed by atoms with E-state index < -0.39 is 0 Å². The quantitative estimate of drug-likeness (QED) is 0.782. The van der Waals surface area contributed by atoms with Crippen molar-refractivity contribution in [1.82, 2.24) is 9.97 Å². The Labute approximate surface area is 94.1 Å². The number of rotatable bonds is 2. The molecule has 0 saturated carbocycles. The molecule has 16 heavy (non-hydrogen) atoms. The van der Waals surface area contributed by atoms with Gasteiger partial charge in [-0.2, -0.15) is 0 Å². The standard InChI is InChI=1S/C12H13N3O/c1-8-9(2)15-12(7-14-8)16-11-5-3-4-10(13)6-11/h3-7H,13H2,1-2H3. The van der Waals surface area contributed by atoms with Crippen LogP contribution >= 0.6 is 0 Å². The second kappa shape index (κ2) is 4.18. The molecule has 0 bridgehead atoms. The molecule has 4 heteroatoms. The van der Waals surface area contributed by atoms with E-state index in [4.69, 9.17) is 10.5 Å². The fourth-order valence-corrected chi connectivity index (χ4v) is 1.27. The number of benzene rings is 1. The van der Waals surface area contributed by atoms with Gasteiger partial charge in [-0.1, -0.05) is 6.07 Å². The molecular weight excluding hydrogens is 202 g/mol. The third-order valence-corrected chi connectivity index (χ3v) is 2.25. The van der Waals surface area contributed by atoms with E-state index in [1.807, 2.05) is 26.0 Å². The molecule has 0 atom stereocenters. The summed E-state index contributed by atoms with van der Waals surface area (Å²) < 4.78 is 5.54. The van der Waals surface area contributed by atoms with Crippen molar-refractivity contribution in [2.24, 2.45) is 0 Å². The summed E-state index contributed by atoms with van der Waals surface area (Å²) in [5.41, 5.74) is 8.08. The second-order valence-electron chi connectivity index (χ2n) is 3.55. The van der Waals surface area contributed by atoms with Gasteiger partial charge in [0.25, 0.3) is 0 Å². The van der Waals surface area contributed by atoms with E-state index in [1.54, 1.807) is 18.3 Å². The fourth-order valence-electron chi connectivity index (χ4n) is 1.27. The first-order valence-electron chi connectivity index (χ1n) is 4.99. The molecule has 2 aromatic rings. The molecule has 2 rings (SSSR count). The van der Waals surface area contributed by atoms with E-state index in [0.29, 0.717) is 17.3 Å². The van der Waals surface area contributed by atoms with Gasteiger partial charge in [-0.15, -0.1) is 0 Å². The molecule has 0 aliphatic carbocycles. The van der Waals surface area contributed by atoms with Crippen LogP contribution in [0.15, 0.2) is 30.5 Å². The Balaban J connectivity index is 2.24. The molecule has 1 aromatic carbocycles. The highest BCUT2D eigenvalue weighted by molar-refractivity contribution is 5.44. The van der Waals surface area contributed by atoms with Gasteiger partial charge in [-0.3, -0.25) is 4.98 Å². The molecule has 1 heterocycles. The van der Waals surface area contributed by atoms with Crippen LogP contribution in [0.1, 0.15) is 11.4 Å². The Kier molecular flexibility index (Phi) is 2.72. The molecule has 82 valence electrons. The highest BCUT2D eigenvalue weighted by Crippen LogP contribution is 2.21. The molecule has 0 radical (unpaired) electrons. The maximum absolute atomic E-state index is 5.65. The Morgan fingerprint density at radius 1 is 1.19 bits per heavy atom. The van der Waals surface area contributed by atoms with Crippen LogP contribution in [-0.4, -0.2) is 9.97 Å². The number of aryl methyl sites for hydroxylation is 2. The van der Waals surface area contributed by atoms with Gasteiger partial charge in [0.15, 0.2) is 0 Å². The van der Waals surface area contributed by atoms with Crippen LogP contribution in [0, 0.1) is 13.8 Å². The third-order valence-electron chi connectivity index (χ3n) is 2.25. The average molecular weight is 215 g/mol. The lowest BCUT2D eigenvalue weighted by atomic mass is 10.3. The Morgan fingerprint density at radius 2 is 2.00 bits per heavy atom. The van der Waals surface area contributed by atoms with Gasteiger partial charge < -0.3 is 10.5 Å². The summed E-state index contributed by atoms with van der Waals surface area (Å²) in [6, 6.07) is 7.21. The van der Waals surface area contributed by atoms with Crippen LogP contribution in [0.3, 0.4) is 0 Å². The van der Waals surface area contributed by atoms with E-state index in [1.165, 1.54) is 0 Å². The molecule has 0 aliphatic rings. The molecule has 0 unspecified atom stereocenters. The summed E-state index contributed by atoms with van der Waals surface area (Å²) in [4.78, 5) is 8.45. The smallest absolute Gasteiger partial charge is 0.238 e. The lowest BCUT2D eigenvalue weighted by molar-refractivity contribution is 0.458. The highest BCUT2D eigenvalue weighted by atomic mass is 16.5. The first-order valence-corrected chi connectivity index (χ1v) is 4.99. The lowest BCUT2D eigenvalue weighted by Gasteiger charge is -2.06. The van der Waals surface area contributed by atoms with Gasteiger partial charge in [-0.05, 0) is 26.0 Å². The lowest BCUT2D eigenvalue weighted by Crippen LogP contribution is -1.95. The monoisotopic (exact) mass is 215 g/mol. The number of hydrogen-bond acceptors (Lipinski definition) is 4. The minimum absolute atomic E-state index is 0.480. The average Bonchev–Trinajstić information content (AvgIpc) is 2.24. The van der Waals surface area contributed by atoms with Gasteiger partial charge in [0, 0.05) is 11.8 Å². The van der Waals surface area contributed by atoms with Crippen molar-refractivity contribution >= 4 is 5.69 Å². The normalized spacial score (nSPS) is 10.1. The Morgan fingerprint density at radius 3 is 2.69 bits per heavy atom. The third kappa shape index (κ3) is 2.28. The van der Waals surface area contributed by atoms with Crippen molar-refractivity contribution in [3.8, 4) is 11.6 Å². The fraction of sp³-hybridized carbons (Fsp3) is 0.167. The van der Waals surface area contributed by atoms with Crippen LogP contribution in [0.4, 0.5) is 5.69 Å². The SMILES string of the molecule is Cc1ncc(Oc2cccc(N)c2)nc1C. The topological polar surface area (TPSA) is 61.0 Å². The van der Waals surface area contributed by atoms with E-state index in [0.717, 1.165) is 11.4 Å². The first kappa shape index (κ1) is 10.4. The zero-order chi connectivity index (χ0) is 11.5. The maximum atomic E-state index is 5.65. The molecule has 2 N–H and O–H groups in total. The minimum Gasteiger partial charge on any atom is -0.437 e. The largest absolute Gasteiger partial charge is 0.437 e. The number of anilines is 1.